The molecule has 0 aliphatic rings. The quantitative estimate of drug-likeness (QED) is 0.241. The van der Waals surface area contributed by atoms with Crippen molar-refractivity contribution in [3.05, 3.63) is 11.6 Å². The third-order valence-corrected chi connectivity index (χ3v) is 4.53. The molecule has 0 amide bonds. The van der Waals surface area contributed by atoms with Crippen LogP contribution in [0.2, 0.25) is 0 Å². The van der Waals surface area contributed by atoms with Crippen LogP contribution in [-0.2, 0) is 0 Å². The van der Waals surface area contributed by atoms with Crippen LogP contribution in [0, 0.1) is 11.8 Å². The van der Waals surface area contributed by atoms with E-state index in [1.807, 2.05) is 0 Å². The van der Waals surface area contributed by atoms with Crippen molar-refractivity contribution in [2.24, 2.45) is 11.8 Å². The van der Waals surface area contributed by atoms with Gasteiger partial charge in [0.2, 0.25) is 0 Å². The van der Waals surface area contributed by atoms with Gasteiger partial charge in [0.1, 0.15) is 0 Å². The van der Waals surface area contributed by atoms with E-state index in [4.69, 9.17) is 0 Å². The average Bonchev–Trinajstić information content (AvgIpc) is 2.45. The van der Waals surface area contributed by atoms with Crippen LogP contribution in [0.1, 0.15) is 105 Å². The van der Waals surface area contributed by atoms with Gasteiger partial charge in [0.05, 0.1) is 0 Å². The smallest absolute Gasteiger partial charge is 0.0321 e. The first-order valence-corrected chi connectivity index (χ1v) is 9.25. The number of rotatable bonds is 13. The van der Waals surface area contributed by atoms with E-state index in [9.17, 15) is 0 Å². The molecule has 120 valence electrons. The van der Waals surface area contributed by atoms with E-state index in [-0.39, 0.29) is 0 Å². The number of hydrogen-bond donors (Lipinski definition) is 0. The van der Waals surface area contributed by atoms with Gasteiger partial charge in [-0.3, -0.25) is 0 Å². The molecule has 0 N–H and O–H groups in total. The molecule has 0 saturated carbocycles. The second kappa shape index (κ2) is 13.7. The molecule has 0 rings (SSSR count). The fraction of sp³-hybridized carbons (Fsp3) is 0.900. The van der Waals surface area contributed by atoms with E-state index in [1.165, 1.54) is 70.6 Å². The molecule has 0 aromatic carbocycles. The maximum absolute atomic E-state index is 2.50. The lowest BCUT2D eigenvalue weighted by Crippen LogP contribution is -1.95. The summed E-state index contributed by atoms with van der Waals surface area (Å²) >= 11 is 0. The zero-order chi connectivity index (χ0) is 15.2. The topological polar surface area (TPSA) is 0 Å². The van der Waals surface area contributed by atoms with Crippen LogP contribution in [-0.4, -0.2) is 0 Å². The number of unbranched alkanes of at least 4 members (excludes halogenated alkanes) is 3. The summed E-state index contributed by atoms with van der Waals surface area (Å²) in [6, 6.07) is 0. The van der Waals surface area contributed by atoms with Gasteiger partial charge < -0.3 is 0 Å². The Balaban J connectivity index is 3.59. The fourth-order valence-corrected chi connectivity index (χ4v) is 2.78. The summed E-state index contributed by atoms with van der Waals surface area (Å²) in [7, 11) is 0. The lowest BCUT2D eigenvalue weighted by Gasteiger charge is -2.11. The minimum Gasteiger partial charge on any atom is -0.0856 e. The van der Waals surface area contributed by atoms with Crippen molar-refractivity contribution in [2.45, 2.75) is 105 Å². The maximum atomic E-state index is 2.50. The summed E-state index contributed by atoms with van der Waals surface area (Å²) in [5.41, 5.74) is 1.62. The lowest BCUT2D eigenvalue weighted by atomic mass is 9.95. The van der Waals surface area contributed by atoms with Crippen molar-refractivity contribution >= 4 is 0 Å². The molecule has 0 aliphatic heterocycles. The zero-order valence-electron chi connectivity index (χ0n) is 15.0. The summed E-state index contributed by atoms with van der Waals surface area (Å²) in [4.78, 5) is 0. The van der Waals surface area contributed by atoms with Crippen molar-refractivity contribution in [3.63, 3.8) is 0 Å². The van der Waals surface area contributed by atoms with Gasteiger partial charge in [0, 0.05) is 0 Å². The highest BCUT2D eigenvalue weighted by atomic mass is 14.1. The minimum absolute atomic E-state index is 0.910. The van der Waals surface area contributed by atoms with Gasteiger partial charge in [0.25, 0.3) is 0 Å². The lowest BCUT2D eigenvalue weighted by molar-refractivity contribution is 0.457. The monoisotopic (exact) mass is 280 g/mol. The van der Waals surface area contributed by atoms with Crippen LogP contribution in [0.4, 0.5) is 0 Å². The standard InChI is InChI=1S/C20H40/c1-6-8-12-18(3)14-10-11-15-20(5)17-16-19(4)13-9-7-2/h15,18-19H,6-14,16-17H2,1-5H3. The Morgan fingerprint density at radius 2 is 1.30 bits per heavy atom. The van der Waals surface area contributed by atoms with Crippen molar-refractivity contribution in [1.29, 1.82) is 0 Å². The molecule has 2 unspecified atom stereocenters. The van der Waals surface area contributed by atoms with Crippen LogP contribution in [0.3, 0.4) is 0 Å². The van der Waals surface area contributed by atoms with E-state index < -0.39 is 0 Å². The van der Waals surface area contributed by atoms with Crippen molar-refractivity contribution in [1.82, 2.24) is 0 Å². The molecular formula is C20H40. The molecule has 2 atom stereocenters. The molecule has 0 aromatic heterocycles. The van der Waals surface area contributed by atoms with E-state index in [0.29, 0.717) is 0 Å². The van der Waals surface area contributed by atoms with Crippen molar-refractivity contribution in [2.75, 3.05) is 0 Å². The second-order valence-electron chi connectivity index (χ2n) is 7.01. The van der Waals surface area contributed by atoms with Gasteiger partial charge in [-0.15, -0.1) is 0 Å². The molecule has 0 heteroatoms. The third-order valence-electron chi connectivity index (χ3n) is 4.53. The average molecular weight is 281 g/mol. The molecule has 0 fully saturated rings. The van der Waals surface area contributed by atoms with E-state index in [0.717, 1.165) is 11.8 Å². The normalized spacial score (nSPS) is 15.3. The fourth-order valence-electron chi connectivity index (χ4n) is 2.78. The zero-order valence-corrected chi connectivity index (χ0v) is 15.0. The van der Waals surface area contributed by atoms with Crippen LogP contribution in [0.5, 0.6) is 0 Å². The van der Waals surface area contributed by atoms with Gasteiger partial charge in [-0.2, -0.15) is 0 Å². The van der Waals surface area contributed by atoms with Crippen LogP contribution >= 0.6 is 0 Å². The van der Waals surface area contributed by atoms with E-state index in [2.05, 4.69) is 40.7 Å². The number of hydrogen-bond acceptors (Lipinski definition) is 0. The molecule has 0 saturated heterocycles. The Morgan fingerprint density at radius 3 is 1.85 bits per heavy atom. The van der Waals surface area contributed by atoms with Gasteiger partial charge >= 0.3 is 0 Å². The highest BCUT2D eigenvalue weighted by Crippen LogP contribution is 2.19. The summed E-state index contributed by atoms with van der Waals surface area (Å²) in [5, 5.41) is 0. The van der Waals surface area contributed by atoms with Gasteiger partial charge in [-0.05, 0) is 44.4 Å². The second-order valence-corrected chi connectivity index (χ2v) is 7.01. The summed E-state index contributed by atoms with van der Waals surface area (Å²) in [6.45, 7) is 11.7. The first-order valence-electron chi connectivity index (χ1n) is 9.25. The Kier molecular flexibility index (Phi) is 13.5. The Morgan fingerprint density at radius 1 is 0.800 bits per heavy atom. The van der Waals surface area contributed by atoms with Gasteiger partial charge in [0.15, 0.2) is 0 Å². The number of allylic oxidation sites excluding steroid dienone is 2. The predicted molar refractivity (Wildman–Crippen MR) is 94.2 cm³/mol. The van der Waals surface area contributed by atoms with Gasteiger partial charge in [-0.25, -0.2) is 0 Å². The molecule has 0 bridgehead atoms. The largest absolute Gasteiger partial charge is 0.0856 e. The SMILES string of the molecule is CCCCC(C)CCCC=C(C)CCC(C)CCCC. The van der Waals surface area contributed by atoms with Crippen molar-refractivity contribution in [3.8, 4) is 0 Å². The van der Waals surface area contributed by atoms with E-state index >= 15 is 0 Å². The minimum atomic E-state index is 0.910. The molecule has 0 aromatic rings. The van der Waals surface area contributed by atoms with E-state index in [1.54, 1.807) is 5.57 Å². The predicted octanol–water partition coefficient (Wildman–Crippen LogP) is 7.54. The Labute approximate surface area is 129 Å². The summed E-state index contributed by atoms with van der Waals surface area (Å²) < 4.78 is 0. The third kappa shape index (κ3) is 12.8. The molecule has 0 aliphatic carbocycles. The van der Waals surface area contributed by atoms with Gasteiger partial charge in [-0.1, -0.05) is 84.3 Å². The van der Waals surface area contributed by atoms with Crippen LogP contribution < -0.4 is 0 Å². The molecule has 0 nitrogen and oxygen atoms in total. The highest BCUT2D eigenvalue weighted by molar-refractivity contribution is 4.97. The molecule has 0 spiro atoms. The van der Waals surface area contributed by atoms with Crippen LogP contribution in [0.25, 0.3) is 0 Å². The first kappa shape index (κ1) is 19.7. The summed E-state index contributed by atoms with van der Waals surface area (Å²) in [5.74, 6) is 1.84. The Hall–Kier alpha value is -0.260. The molecule has 0 radical (unpaired) electrons. The molecule has 20 heavy (non-hydrogen) atoms. The molecular weight excluding hydrogens is 240 g/mol. The Bertz CT molecular complexity index is 226. The maximum Gasteiger partial charge on any atom is -0.0321 e. The highest BCUT2D eigenvalue weighted by Gasteiger charge is 2.02. The van der Waals surface area contributed by atoms with Crippen LogP contribution in [0.15, 0.2) is 11.6 Å². The summed E-state index contributed by atoms with van der Waals surface area (Å²) in [6.07, 6.45) is 17.6. The van der Waals surface area contributed by atoms with Crippen molar-refractivity contribution < 1.29 is 0 Å². The first-order chi connectivity index (χ1) is 9.60. The molecule has 0 heterocycles.